The zero-order valence-electron chi connectivity index (χ0n) is 31.5. The van der Waals surface area contributed by atoms with Crippen molar-refractivity contribution in [3.8, 4) is 11.5 Å². The van der Waals surface area contributed by atoms with Gasteiger partial charge in [-0.1, -0.05) is 79.9 Å². The van der Waals surface area contributed by atoms with Crippen LogP contribution in [0.1, 0.15) is 144 Å². The number of carboxylic acid groups (broad SMARTS) is 1. The number of esters is 2. The number of benzene rings is 1. The summed E-state index contributed by atoms with van der Waals surface area (Å²) in [7, 11) is 0. The van der Waals surface area contributed by atoms with Gasteiger partial charge in [-0.25, -0.2) is 4.79 Å². The van der Waals surface area contributed by atoms with Crippen molar-refractivity contribution >= 4 is 29.6 Å². The topological polar surface area (TPSA) is 89.9 Å². The van der Waals surface area contributed by atoms with E-state index in [4.69, 9.17) is 9.47 Å². The predicted octanol–water partition coefficient (Wildman–Crippen LogP) is 10.5. The summed E-state index contributed by atoms with van der Waals surface area (Å²) >= 11 is 0. The van der Waals surface area contributed by atoms with Crippen molar-refractivity contribution in [1.29, 1.82) is 0 Å². The number of ether oxygens (including phenoxy) is 2. The van der Waals surface area contributed by atoms with E-state index in [1.165, 1.54) is 70.8 Å². The molecule has 5 aliphatic carbocycles. The normalized spacial score (nSPS) is 36.2. The number of carbonyl (C=O) groups excluding carboxylic acids is 2. The van der Waals surface area contributed by atoms with Crippen LogP contribution in [0.2, 0.25) is 0 Å². The summed E-state index contributed by atoms with van der Waals surface area (Å²) in [5.41, 5.74) is 3.19. The van der Waals surface area contributed by atoms with E-state index in [0.717, 1.165) is 43.1 Å². The third-order valence-electron chi connectivity index (χ3n) is 15.0. The van der Waals surface area contributed by atoms with Gasteiger partial charge in [-0.2, -0.15) is 0 Å². The lowest BCUT2D eigenvalue weighted by Gasteiger charge is -2.63. The molecule has 0 amide bonds. The van der Waals surface area contributed by atoms with Gasteiger partial charge in [-0.3, -0.25) is 9.59 Å². The van der Waals surface area contributed by atoms with E-state index in [0.29, 0.717) is 28.4 Å². The predicted molar refractivity (Wildman–Crippen MR) is 194 cm³/mol. The van der Waals surface area contributed by atoms with Crippen molar-refractivity contribution in [1.82, 2.24) is 0 Å². The van der Waals surface area contributed by atoms with Gasteiger partial charge in [-0.15, -0.1) is 0 Å². The molecule has 0 aliphatic heterocycles. The highest BCUT2D eigenvalue weighted by atomic mass is 16.6. The summed E-state index contributed by atoms with van der Waals surface area (Å²) < 4.78 is 11.6. The van der Waals surface area contributed by atoms with Gasteiger partial charge in [0.25, 0.3) is 0 Å². The average Bonchev–Trinajstić information content (AvgIpc) is 3.59. The van der Waals surface area contributed by atoms with E-state index >= 15 is 0 Å². The van der Waals surface area contributed by atoms with E-state index in [2.05, 4.69) is 54.5 Å². The minimum atomic E-state index is -1.05. The zero-order chi connectivity index (χ0) is 35.7. The Balaban J connectivity index is 1.47. The highest BCUT2D eigenvalue weighted by molar-refractivity contribution is 5.92. The molecule has 4 saturated carbocycles. The van der Waals surface area contributed by atoms with Gasteiger partial charge < -0.3 is 14.6 Å². The maximum atomic E-state index is 12.7. The number of hydrogen-bond donors (Lipinski definition) is 1. The van der Waals surface area contributed by atoms with Crippen LogP contribution >= 0.6 is 0 Å². The van der Waals surface area contributed by atoms with Gasteiger partial charge in [0.1, 0.15) is 0 Å². The minimum Gasteiger partial charge on any atom is -0.478 e. The molecule has 0 heterocycles. The lowest BCUT2D eigenvalue weighted by atomic mass is 9.41. The summed E-state index contributed by atoms with van der Waals surface area (Å²) in [5.74, 6) is 1.62. The average molecular weight is 673 g/mol. The number of carbonyl (C=O) groups is 3. The maximum absolute atomic E-state index is 12.7. The van der Waals surface area contributed by atoms with Crippen molar-refractivity contribution in [3.05, 3.63) is 35.4 Å². The number of aliphatic carboxylic acids is 1. The molecule has 0 bridgehead atoms. The van der Waals surface area contributed by atoms with Gasteiger partial charge >= 0.3 is 17.9 Å². The molecule has 1 aromatic rings. The van der Waals surface area contributed by atoms with Crippen molar-refractivity contribution in [2.24, 2.45) is 56.7 Å². The lowest BCUT2D eigenvalue weighted by molar-refractivity contribution is -0.134. The zero-order valence-corrected chi connectivity index (χ0v) is 31.5. The SMILES string of the molecule is CC(=O)Oc1ccc(/C=C/C(=O)O)c(C2=CCC(C)(C)[C@@H]3CC[C@@H]4[C@]5(CC[C@]6(C)[C@@H]([C@H](C)CCCC(C)C)CC[C@@]46C)C[C@]235)c1OC(C)=O. The Morgan fingerprint density at radius 2 is 1.59 bits per heavy atom. The molecule has 6 rings (SSSR count). The van der Waals surface area contributed by atoms with Crippen LogP contribution in [0.15, 0.2) is 24.3 Å². The van der Waals surface area contributed by atoms with Gasteiger partial charge in [0.2, 0.25) is 0 Å². The first-order chi connectivity index (χ1) is 22.9. The van der Waals surface area contributed by atoms with Crippen LogP contribution in [-0.2, 0) is 14.4 Å². The van der Waals surface area contributed by atoms with Crippen LogP contribution < -0.4 is 9.47 Å². The van der Waals surface area contributed by atoms with Gasteiger partial charge in [0.15, 0.2) is 11.5 Å². The molecule has 0 radical (unpaired) electrons. The molecule has 1 N–H and O–H groups in total. The second-order valence-corrected chi connectivity index (χ2v) is 18.3. The van der Waals surface area contributed by atoms with Crippen LogP contribution in [0.3, 0.4) is 0 Å². The smallest absolute Gasteiger partial charge is 0.328 e. The Bertz CT molecular complexity index is 1580. The van der Waals surface area contributed by atoms with Gasteiger partial charge in [-0.05, 0) is 126 Å². The summed E-state index contributed by atoms with van der Waals surface area (Å²) in [6.45, 7) is 20.0. The number of rotatable bonds is 10. The second kappa shape index (κ2) is 12.4. The summed E-state index contributed by atoms with van der Waals surface area (Å²) in [5, 5.41) is 9.65. The molecular weight excluding hydrogens is 612 g/mol. The van der Waals surface area contributed by atoms with E-state index < -0.39 is 17.9 Å². The van der Waals surface area contributed by atoms with E-state index in [-0.39, 0.29) is 33.2 Å². The summed E-state index contributed by atoms with van der Waals surface area (Å²) in [6.07, 6.45) is 18.5. The quantitative estimate of drug-likeness (QED) is 0.151. The molecule has 268 valence electrons. The van der Waals surface area contributed by atoms with E-state index in [1.54, 1.807) is 12.1 Å². The summed E-state index contributed by atoms with van der Waals surface area (Å²) in [4.78, 5) is 36.7. The second-order valence-electron chi connectivity index (χ2n) is 18.3. The molecular formula is C43H60O6. The monoisotopic (exact) mass is 672 g/mol. The Morgan fingerprint density at radius 1 is 0.898 bits per heavy atom. The molecule has 5 aliphatic rings. The van der Waals surface area contributed by atoms with E-state index in [9.17, 15) is 19.5 Å². The van der Waals surface area contributed by atoms with Gasteiger partial charge in [0, 0.05) is 30.9 Å². The molecule has 8 atom stereocenters. The van der Waals surface area contributed by atoms with Crippen LogP contribution in [0.5, 0.6) is 11.5 Å². The highest BCUT2D eigenvalue weighted by Crippen LogP contribution is 2.90. The molecule has 0 saturated heterocycles. The first-order valence-corrected chi connectivity index (χ1v) is 19.1. The molecule has 4 fully saturated rings. The minimum absolute atomic E-state index is 0.0922. The molecule has 1 aromatic carbocycles. The summed E-state index contributed by atoms with van der Waals surface area (Å²) in [6, 6.07) is 3.43. The van der Waals surface area contributed by atoms with Crippen molar-refractivity contribution < 1.29 is 29.0 Å². The Labute approximate surface area is 294 Å². The van der Waals surface area contributed by atoms with Crippen molar-refractivity contribution in [2.75, 3.05) is 0 Å². The number of hydrogen-bond acceptors (Lipinski definition) is 5. The maximum Gasteiger partial charge on any atom is 0.328 e. The first-order valence-electron chi connectivity index (χ1n) is 19.1. The first kappa shape index (κ1) is 35.9. The van der Waals surface area contributed by atoms with E-state index in [1.807, 2.05) is 6.07 Å². The highest BCUT2D eigenvalue weighted by Gasteiger charge is 2.83. The molecule has 6 nitrogen and oxygen atoms in total. The van der Waals surface area contributed by atoms with Crippen molar-refractivity contribution in [3.63, 3.8) is 0 Å². The molecule has 49 heavy (non-hydrogen) atoms. The lowest BCUT2D eigenvalue weighted by Crippen LogP contribution is -2.56. The number of carboxylic acids is 1. The Hall–Kier alpha value is -2.89. The fraction of sp³-hybridized carbons (Fsp3) is 0.698. The van der Waals surface area contributed by atoms with Gasteiger partial charge in [0.05, 0.1) is 0 Å². The third-order valence-corrected chi connectivity index (χ3v) is 15.0. The molecule has 6 heteroatoms. The number of fused-ring (bicyclic) bond motifs is 2. The Kier molecular flexibility index (Phi) is 9.09. The Morgan fingerprint density at radius 3 is 2.24 bits per heavy atom. The van der Waals surface area contributed by atoms with Crippen molar-refractivity contribution in [2.45, 2.75) is 133 Å². The number of allylic oxidation sites excluding steroid dienone is 2. The van der Waals surface area contributed by atoms with Crippen LogP contribution in [-0.4, -0.2) is 23.0 Å². The molecule has 2 spiro atoms. The fourth-order valence-corrected chi connectivity index (χ4v) is 12.9. The molecule has 0 unspecified atom stereocenters. The van der Waals surface area contributed by atoms with Crippen LogP contribution in [0.4, 0.5) is 0 Å². The van der Waals surface area contributed by atoms with Crippen LogP contribution in [0, 0.1) is 56.7 Å². The molecule has 0 aromatic heterocycles. The third kappa shape index (κ3) is 5.53. The van der Waals surface area contributed by atoms with Crippen LogP contribution in [0.25, 0.3) is 11.6 Å². The largest absolute Gasteiger partial charge is 0.478 e. The standard InChI is InChI=1S/C43H60O6/c1-26(2)11-10-12-27(3)31-20-22-41(9)35-17-16-34-39(6,7)21-19-32(43(34)25-42(35,43)24-23-40(31,41)8)37-30(14-18-36(46)47)13-15-33(48-28(4)44)38(37)49-29(5)45/h13-15,18-19,26-27,31,34-35H,10-12,16-17,20-25H2,1-9H3,(H,46,47)/b18-14+/t27-,31-,34+,35+,40-,41+,42+,43+/m1/s1. The fourth-order valence-electron chi connectivity index (χ4n) is 12.9.